The van der Waals surface area contributed by atoms with Crippen LogP contribution >= 0.6 is 7.60 Å². The van der Waals surface area contributed by atoms with E-state index in [-0.39, 0.29) is 0 Å². The van der Waals surface area contributed by atoms with Gasteiger partial charge in [-0.1, -0.05) is 13.8 Å². The van der Waals surface area contributed by atoms with E-state index in [0.29, 0.717) is 12.1 Å². The van der Waals surface area contributed by atoms with Crippen LogP contribution in [0.15, 0.2) is 0 Å². The summed E-state index contributed by atoms with van der Waals surface area (Å²) in [6.45, 7) is 4.16. The molecule has 68 valence electrons. The van der Waals surface area contributed by atoms with Gasteiger partial charge < -0.3 is 9.05 Å². The summed E-state index contributed by atoms with van der Waals surface area (Å²) < 4.78 is 21.0. The van der Waals surface area contributed by atoms with Gasteiger partial charge in [-0.05, 0) is 12.3 Å². The minimum absolute atomic E-state index is 0.512. The summed E-state index contributed by atoms with van der Waals surface area (Å²) in [6.07, 6.45) is 1.39. The normalized spacial score (nSPS) is 12.5. The zero-order valence-corrected chi connectivity index (χ0v) is 8.56. The smallest absolute Gasteiger partial charge is 0.312 e. The van der Waals surface area contributed by atoms with Crippen LogP contribution in [0.4, 0.5) is 0 Å². The minimum Gasteiger partial charge on any atom is -0.312 e. The van der Waals surface area contributed by atoms with E-state index < -0.39 is 7.60 Å². The van der Waals surface area contributed by atoms with Crippen molar-refractivity contribution >= 4 is 7.60 Å². The Hall–Kier alpha value is 0.150. The summed E-state index contributed by atoms with van der Waals surface area (Å²) in [5, 5.41) is 0. The minimum atomic E-state index is -2.74. The first-order valence-corrected chi connectivity index (χ1v) is 5.47. The van der Waals surface area contributed by atoms with Gasteiger partial charge in [-0.15, -0.1) is 0 Å². The lowest BCUT2D eigenvalue weighted by Gasteiger charge is -2.14. The lowest BCUT2D eigenvalue weighted by atomic mass is 10.2. The molecular weight excluding hydrogens is 163 g/mol. The Morgan fingerprint density at radius 1 is 1.27 bits per heavy atom. The Bertz CT molecular complexity index is 137. The Kier molecular flexibility index (Phi) is 4.98. The maximum absolute atomic E-state index is 11.4. The largest absolute Gasteiger partial charge is 0.330 e. The van der Waals surface area contributed by atoms with Crippen LogP contribution < -0.4 is 0 Å². The highest BCUT2D eigenvalue weighted by molar-refractivity contribution is 7.53. The Balaban J connectivity index is 3.79. The molecule has 0 aliphatic carbocycles. The van der Waals surface area contributed by atoms with Gasteiger partial charge in [-0.2, -0.15) is 0 Å². The maximum atomic E-state index is 11.4. The van der Waals surface area contributed by atoms with Crippen molar-refractivity contribution in [2.75, 3.05) is 20.4 Å². The third kappa shape index (κ3) is 4.57. The molecule has 0 aliphatic heterocycles. The van der Waals surface area contributed by atoms with E-state index in [0.717, 1.165) is 6.42 Å². The molecule has 11 heavy (non-hydrogen) atoms. The number of hydrogen-bond acceptors (Lipinski definition) is 3. The van der Waals surface area contributed by atoms with Gasteiger partial charge >= 0.3 is 7.60 Å². The van der Waals surface area contributed by atoms with E-state index in [1.807, 2.05) is 0 Å². The Labute approximate surface area is 68.6 Å². The highest BCUT2D eigenvalue weighted by Crippen LogP contribution is 2.47. The quantitative estimate of drug-likeness (QED) is 0.610. The van der Waals surface area contributed by atoms with Gasteiger partial charge in [0.15, 0.2) is 0 Å². The fraction of sp³-hybridized carbons (Fsp3) is 1.00. The van der Waals surface area contributed by atoms with Crippen LogP contribution in [0.5, 0.6) is 0 Å². The molecule has 3 nitrogen and oxygen atoms in total. The summed E-state index contributed by atoms with van der Waals surface area (Å²) in [6, 6.07) is 0. The van der Waals surface area contributed by atoms with E-state index in [2.05, 4.69) is 13.8 Å². The van der Waals surface area contributed by atoms with E-state index in [1.54, 1.807) is 0 Å². The van der Waals surface area contributed by atoms with Gasteiger partial charge in [-0.25, -0.2) is 0 Å². The van der Waals surface area contributed by atoms with Crippen LogP contribution in [-0.2, 0) is 13.6 Å². The average molecular weight is 180 g/mol. The fourth-order valence-electron chi connectivity index (χ4n) is 0.673. The highest BCUT2D eigenvalue weighted by atomic mass is 31.2. The van der Waals surface area contributed by atoms with Crippen LogP contribution in [0.2, 0.25) is 0 Å². The molecule has 4 heteroatoms. The van der Waals surface area contributed by atoms with Crippen molar-refractivity contribution in [1.82, 2.24) is 0 Å². The summed E-state index contributed by atoms with van der Waals surface area (Å²) in [4.78, 5) is 0. The standard InChI is InChI=1S/C7H17O3P/c1-7(2)5-6-11(8,9-3)10-4/h7H,5-6H2,1-4H3. The van der Waals surface area contributed by atoms with Gasteiger partial charge in [0.05, 0.1) is 6.16 Å². The molecule has 0 saturated heterocycles. The lowest BCUT2D eigenvalue weighted by Crippen LogP contribution is -1.98. The van der Waals surface area contributed by atoms with Crippen molar-refractivity contribution in [3.05, 3.63) is 0 Å². The first-order valence-electron chi connectivity index (χ1n) is 3.74. The highest BCUT2D eigenvalue weighted by Gasteiger charge is 2.20. The second kappa shape index (κ2) is 4.91. The van der Waals surface area contributed by atoms with Crippen LogP contribution in [0, 0.1) is 5.92 Å². The summed E-state index contributed by atoms with van der Waals surface area (Å²) in [7, 11) is 0.107. The zero-order chi connectivity index (χ0) is 8.91. The predicted molar refractivity (Wildman–Crippen MR) is 45.9 cm³/mol. The molecule has 0 heterocycles. The summed E-state index contributed by atoms with van der Waals surface area (Å²) in [5.41, 5.74) is 0. The Morgan fingerprint density at radius 2 is 1.73 bits per heavy atom. The van der Waals surface area contributed by atoms with E-state index in [9.17, 15) is 4.57 Å². The third-order valence-electron chi connectivity index (χ3n) is 1.54. The second-order valence-corrected chi connectivity index (χ2v) is 5.28. The summed E-state index contributed by atoms with van der Waals surface area (Å²) in [5.74, 6) is 0.536. The van der Waals surface area contributed by atoms with Gasteiger partial charge in [-0.3, -0.25) is 4.57 Å². The second-order valence-electron chi connectivity index (χ2n) is 2.88. The molecule has 0 amide bonds. The van der Waals surface area contributed by atoms with Crippen molar-refractivity contribution in [2.24, 2.45) is 5.92 Å². The maximum Gasteiger partial charge on any atom is 0.330 e. The van der Waals surface area contributed by atoms with E-state index >= 15 is 0 Å². The molecule has 0 aromatic heterocycles. The van der Waals surface area contributed by atoms with Gasteiger partial charge in [0, 0.05) is 14.2 Å². The molecule has 0 unspecified atom stereocenters. The van der Waals surface area contributed by atoms with Gasteiger partial charge in [0.1, 0.15) is 0 Å². The Morgan fingerprint density at radius 3 is 2.00 bits per heavy atom. The van der Waals surface area contributed by atoms with Crippen LogP contribution in [0.25, 0.3) is 0 Å². The molecule has 0 spiro atoms. The predicted octanol–water partition coefficient (Wildman–Crippen LogP) is 2.52. The lowest BCUT2D eigenvalue weighted by molar-refractivity contribution is 0.273. The third-order valence-corrected chi connectivity index (χ3v) is 3.46. The first-order chi connectivity index (χ1) is 5.04. The molecular formula is C7H17O3P. The first kappa shape index (κ1) is 11.2. The number of rotatable bonds is 5. The molecule has 0 atom stereocenters. The van der Waals surface area contributed by atoms with Crippen LogP contribution in [0.1, 0.15) is 20.3 Å². The SMILES string of the molecule is COP(=O)(CCC(C)C)OC. The molecule has 0 fully saturated rings. The zero-order valence-electron chi connectivity index (χ0n) is 7.66. The molecule has 0 saturated carbocycles. The van der Waals surface area contributed by atoms with Crippen molar-refractivity contribution in [3.63, 3.8) is 0 Å². The van der Waals surface area contributed by atoms with E-state index in [1.165, 1.54) is 14.2 Å². The topological polar surface area (TPSA) is 35.5 Å². The molecule has 0 rings (SSSR count). The van der Waals surface area contributed by atoms with Crippen molar-refractivity contribution in [2.45, 2.75) is 20.3 Å². The van der Waals surface area contributed by atoms with Crippen LogP contribution in [0.3, 0.4) is 0 Å². The molecule has 0 bridgehead atoms. The van der Waals surface area contributed by atoms with Crippen molar-refractivity contribution in [1.29, 1.82) is 0 Å². The molecule has 0 aromatic rings. The van der Waals surface area contributed by atoms with Gasteiger partial charge in [0.2, 0.25) is 0 Å². The van der Waals surface area contributed by atoms with E-state index in [4.69, 9.17) is 9.05 Å². The summed E-state index contributed by atoms with van der Waals surface area (Å²) >= 11 is 0. The molecule has 0 N–H and O–H groups in total. The van der Waals surface area contributed by atoms with Crippen molar-refractivity contribution < 1.29 is 13.6 Å². The fourth-order valence-corrected chi connectivity index (χ4v) is 2.02. The molecule has 0 radical (unpaired) electrons. The monoisotopic (exact) mass is 180 g/mol. The molecule has 0 aliphatic rings. The van der Waals surface area contributed by atoms with Crippen LogP contribution in [-0.4, -0.2) is 20.4 Å². The van der Waals surface area contributed by atoms with Crippen molar-refractivity contribution in [3.8, 4) is 0 Å². The molecule has 0 aromatic carbocycles. The number of hydrogen-bond donors (Lipinski definition) is 0. The van der Waals surface area contributed by atoms with Gasteiger partial charge in [0.25, 0.3) is 0 Å². The average Bonchev–Trinajstić information content (AvgIpc) is 2.00.